The molecule has 1 N–H and O–H groups in total. The van der Waals surface area contributed by atoms with Gasteiger partial charge in [-0.25, -0.2) is 14.8 Å². The first-order chi connectivity index (χ1) is 14.6. The van der Waals surface area contributed by atoms with Gasteiger partial charge in [0.25, 0.3) is 0 Å². The molecule has 0 saturated heterocycles. The molecule has 8 heteroatoms. The Morgan fingerprint density at radius 2 is 2.03 bits per heavy atom. The van der Waals surface area contributed by atoms with Crippen LogP contribution >= 0.6 is 11.3 Å². The number of fused-ring (bicyclic) bond motifs is 2. The number of hydrogen-bond donors (Lipinski definition) is 1. The van der Waals surface area contributed by atoms with Crippen molar-refractivity contribution in [2.45, 2.75) is 37.8 Å². The second-order valence-corrected chi connectivity index (χ2v) is 8.46. The molecule has 0 aliphatic heterocycles. The molecule has 0 atom stereocenters. The van der Waals surface area contributed by atoms with Crippen LogP contribution in [0.2, 0.25) is 0 Å². The smallest absolute Gasteiger partial charge is 0.407 e. The van der Waals surface area contributed by atoms with Crippen LogP contribution in [-0.2, 0) is 0 Å². The van der Waals surface area contributed by atoms with Gasteiger partial charge in [-0.1, -0.05) is 18.2 Å². The number of carbonyl (C=O) groups is 1. The first kappa shape index (κ1) is 18.9. The predicted molar refractivity (Wildman–Crippen MR) is 115 cm³/mol. The number of carboxylic acid groups (broad SMARTS) is 1. The number of furan rings is 1. The van der Waals surface area contributed by atoms with Gasteiger partial charge in [-0.3, -0.25) is 0 Å². The van der Waals surface area contributed by atoms with Gasteiger partial charge < -0.3 is 19.2 Å². The first-order valence-electron chi connectivity index (χ1n) is 9.93. The summed E-state index contributed by atoms with van der Waals surface area (Å²) >= 11 is 1.54. The summed E-state index contributed by atoms with van der Waals surface area (Å²) in [5, 5.41) is 13.1. The number of ether oxygens (including phenoxy) is 1. The number of benzene rings is 1. The van der Waals surface area contributed by atoms with Crippen LogP contribution in [0.25, 0.3) is 32.5 Å². The lowest BCUT2D eigenvalue weighted by Crippen LogP contribution is -2.40. The highest BCUT2D eigenvalue weighted by molar-refractivity contribution is 7.17. The Morgan fingerprint density at radius 1 is 1.23 bits per heavy atom. The molecule has 1 saturated carbocycles. The van der Waals surface area contributed by atoms with Crippen molar-refractivity contribution in [3.63, 3.8) is 0 Å². The zero-order valence-corrected chi connectivity index (χ0v) is 17.3. The number of thiophene rings is 1. The van der Waals surface area contributed by atoms with E-state index in [1.807, 2.05) is 35.7 Å². The Hall–Kier alpha value is -3.13. The molecule has 1 aliphatic rings. The number of rotatable bonds is 4. The fourth-order valence-electron chi connectivity index (χ4n) is 4.10. The summed E-state index contributed by atoms with van der Waals surface area (Å²) in [6.07, 6.45) is 3.79. The van der Waals surface area contributed by atoms with Gasteiger partial charge in [-0.2, -0.15) is 0 Å². The average molecular weight is 423 g/mol. The van der Waals surface area contributed by atoms with Gasteiger partial charge in [0.2, 0.25) is 5.88 Å². The van der Waals surface area contributed by atoms with Gasteiger partial charge in [0.15, 0.2) is 0 Å². The first-order valence-corrected chi connectivity index (χ1v) is 10.8. The van der Waals surface area contributed by atoms with Crippen LogP contribution in [0.1, 0.15) is 25.7 Å². The largest absolute Gasteiger partial charge is 0.474 e. The van der Waals surface area contributed by atoms with E-state index in [0.717, 1.165) is 58.2 Å². The van der Waals surface area contributed by atoms with Crippen molar-refractivity contribution in [1.82, 2.24) is 14.9 Å². The van der Waals surface area contributed by atoms with Crippen LogP contribution in [-0.4, -0.2) is 45.3 Å². The Kier molecular flexibility index (Phi) is 4.78. The molecule has 3 heterocycles. The SMILES string of the molecule is CN(C(=O)O)[C@H]1CC[C@H](Oc2ncnc3scc(-c4cc5ccccc5o4)c23)CC1. The minimum atomic E-state index is -0.884. The number of hydrogen-bond acceptors (Lipinski definition) is 6. The molecule has 0 spiro atoms. The Morgan fingerprint density at radius 3 is 2.80 bits per heavy atom. The maximum atomic E-state index is 11.2. The van der Waals surface area contributed by atoms with E-state index in [-0.39, 0.29) is 12.1 Å². The number of para-hydroxylation sites is 1. The van der Waals surface area contributed by atoms with Crippen molar-refractivity contribution in [3.8, 4) is 17.2 Å². The van der Waals surface area contributed by atoms with Crippen LogP contribution < -0.4 is 4.74 Å². The molecule has 1 aliphatic carbocycles. The van der Waals surface area contributed by atoms with E-state index < -0.39 is 6.09 Å². The second kappa shape index (κ2) is 7.60. The van der Waals surface area contributed by atoms with Crippen LogP contribution in [0.4, 0.5) is 4.79 Å². The monoisotopic (exact) mass is 423 g/mol. The van der Waals surface area contributed by atoms with E-state index in [1.165, 1.54) is 22.6 Å². The van der Waals surface area contributed by atoms with Gasteiger partial charge in [-0.15, -0.1) is 11.3 Å². The molecule has 7 nitrogen and oxygen atoms in total. The van der Waals surface area contributed by atoms with Gasteiger partial charge in [0.1, 0.15) is 28.6 Å². The molecule has 0 unspecified atom stereocenters. The Bertz CT molecular complexity index is 1180. The highest BCUT2D eigenvalue weighted by atomic mass is 32.1. The van der Waals surface area contributed by atoms with E-state index in [1.54, 1.807) is 7.05 Å². The van der Waals surface area contributed by atoms with Gasteiger partial charge in [-0.05, 0) is 37.8 Å². The predicted octanol–water partition coefficient (Wildman–Crippen LogP) is 5.40. The molecular formula is C22H21N3O4S. The van der Waals surface area contributed by atoms with Crippen LogP contribution in [0, 0.1) is 0 Å². The van der Waals surface area contributed by atoms with E-state index >= 15 is 0 Å². The Labute approximate surface area is 176 Å². The topological polar surface area (TPSA) is 88.7 Å². The highest BCUT2D eigenvalue weighted by Crippen LogP contribution is 2.40. The molecule has 4 aromatic rings. The molecule has 0 bridgehead atoms. The highest BCUT2D eigenvalue weighted by Gasteiger charge is 2.28. The molecule has 1 fully saturated rings. The van der Waals surface area contributed by atoms with E-state index in [9.17, 15) is 9.90 Å². The normalized spacial score (nSPS) is 19.2. The summed E-state index contributed by atoms with van der Waals surface area (Å²) in [5.41, 5.74) is 1.77. The molecular weight excluding hydrogens is 402 g/mol. The van der Waals surface area contributed by atoms with Gasteiger partial charge in [0.05, 0.1) is 5.39 Å². The second-order valence-electron chi connectivity index (χ2n) is 7.60. The maximum Gasteiger partial charge on any atom is 0.407 e. The minimum Gasteiger partial charge on any atom is -0.474 e. The van der Waals surface area contributed by atoms with Gasteiger partial charge >= 0.3 is 6.09 Å². The molecule has 5 rings (SSSR count). The third kappa shape index (κ3) is 3.37. The van der Waals surface area contributed by atoms with Crippen molar-refractivity contribution in [1.29, 1.82) is 0 Å². The van der Waals surface area contributed by atoms with Crippen molar-refractivity contribution in [2.75, 3.05) is 7.05 Å². The van der Waals surface area contributed by atoms with Crippen molar-refractivity contribution >= 4 is 38.6 Å². The number of nitrogens with zero attached hydrogens (tertiary/aromatic N) is 3. The summed E-state index contributed by atoms with van der Waals surface area (Å²) in [4.78, 5) is 22.3. The quantitative estimate of drug-likeness (QED) is 0.472. The van der Waals surface area contributed by atoms with Crippen LogP contribution in [0.3, 0.4) is 0 Å². The zero-order chi connectivity index (χ0) is 20.7. The molecule has 154 valence electrons. The lowest BCUT2D eigenvalue weighted by molar-refractivity contribution is 0.0891. The van der Waals surface area contributed by atoms with Gasteiger partial charge in [0, 0.05) is 29.4 Å². The number of aromatic nitrogens is 2. The summed E-state index contributed by atoms with van der Waals surface area (Å²) in [5.74, 6) is 1.33. The Balaban J connectivity index is 1.42. The molecule has 3 aromatic heterocycles. The molecule has 1 amide bonds. The summed E-state index contributed by atoms with van der Waals surface area (Å²) in [7, 11) is 1.63. The number of amides is 1. The zero-order valence-electron chi connectivity index (χ0n) is 16.4. The maximum absolute atomic E-state index is 11.2. The standard InChI is InChI=1S/C22H21N3O4S/c1-25(22(26)27)14-6-8-15(9-7-14)28-20-19-16(11-30-21(19)24-12-23-20)18-10-13-4-2-3-5-17(13)29-18/h2-5,10-12,14-15H,6-9H2,1H3,(H,26,27)/t14-,15-. The van der Waals surface area contributed by atoms with Crippen LogP contribution in [0.15, 0.2) is 46.5 Å². The van der Waals surface area contributed by atoms with E-state index in [0.29, 0.717) is 5.88 Å². The molecule has 1 aromatic carbocycles. The third-order valence-corrected chi connectivity index (χ3v) is 6.68. The van der Waals surface area contributed by atoms with Crippen LogP contribution in [0.5, 0.6) is 5.88 Å². The fourth-order valence-corrected chi connectivity index (χ4v) is 4.98. The summed E-state index contributed by atoms with van der Waals surface area (Å²) < 4.78 is 12.4. The lowest BCUT2D eigenvalue weighted by atomic mass is 9.92. The van der Waals surface area contributed by atoms with E-state index in [4.69, 9.17) is 9.15 Å². The summed E-state index contributed by atoms with van der Waals surface area (Å²) in [6.45, 7) is 0. The summed E-state index contributed by atoms with van der Waals surface area (Å²) in [6, 6.07) is 9.99. The lowest BCUT2D eigenvalue weighted by Gasteiger charge is -2.33. The fraction of sp³-hybridized carbons (Fsp3) is 0.318. The third-order valence-electron chi connectivity index (χ3n) is 5.80. The minimum absolute atomic E-state index is 0.00460. The average Bonchev–Trinajstić information content (AvgIpc) is 3.38. The molecule has 30 heavy (non-hydrogen) atoms. The van der Waals surface area contributed by atoms with Crippen molar-refractivity contribution in [2.24, 2.45) is 0 Å². The van der Waals surface area contributed by atoms with Crippen molar-refractivity contribution < 1.29 is 19.1 Å². The molecule has 0 radical (unpaired) electrons. The van der Waals surface area contributed by atoms with Crippen molar-refractivity contribution in [3.05, 3.63) is 42.0 Å². The van der Waals surface area contributed by atoms with E-state index in [2.05, 4.69) is 9.97 Å².